The van der Waals surface area contributed by atoms with Crippen LogP contribution < -0.4 is 15.4 Å². The second-order valence-electron chi connectivity index (χ2n) is 5.40. The minimum atomic E-state index is 0.300. The zero-order valence-electron chi connectivity index (χ0n) is 11.9. The molecule has 1 aromatic carbocycles. The Hall–Kier alpha value is -0.770. The molecule has 1 aromatic rings. The molecule has 0 bridgehead atoms. The van der Waals surface area contributed by atoms with Crippen molar-refractivity contribution < 1.29 is 4.74 Å². The molecule has 2 atom stereocenters. The van der Waals surface area contributed by atoms with Gasteiger partial charge in [-0.25, -0.2) is 0 Å². The molecule has 19 heavy (non-hydrogen) atoms. The first-order valence-electron chi connectivity index (χ1n) is 6.94. The fourth-order valence-electron chi connectivity index (χ4n) is 2.67. The third kappa shape index (κ3) is 3.62. The fraction of sp³-hybridized carbons (Fsp3) is 0.600. The highest BCUT2D eigenvalue weighted by Gasteiger charge is 2.26. The van der Waals surface area contributed by atoms with Crippen LogP contribution in [0.4, 0.5) is 0 Å². The summed E-state index contributed by atoms with van der Waals surface area (Å²) in [6.07, 6.45) is 2.45. The summed E-state index contributed by atoms with van der Waals surface area (Å²) in [7, 11) is 1.66. The minimum absolute atomic E-state index is 0.300. The molecule has 1 saturated heterocycles. The molecular weight excluding hydrogens is 260 g/mol. The van der Waals surface area contributed by atoms with Crippen molar-refractivity contribution in [1.82, 2.24) is 10.6 Å². The first-order chi connectivity index (χ1) is 9.11. The van der Waals surface area contributed by atoms with E-state index in [2.05, 4.69) is 30.5 Å². The SMILES string of the molecule is COc1cc([C@H](NC(C)C)C2CCCN2)ccc1Cl. The fourth-order valence-corrected chi connectivity index (χ4v) is 2.86. The highest BCUT2D eigenvalue weighted by Crippen LogP contribution is 2.31. The van der Waals surface area contributed by atoms with Crippen LogP contribution in [0.2, 0.25) is 5.02 Å². The average Bonchev–Trinajstić information content (AvgIpc) is 2.90. The van der Waals surface area contributed by atoms with Gasteiger partial charge < -0.3 is 15.4 Å². The largest absolute Gasteiger partial charge is 0.495 e. The Morgan fingerprint density at radius 2 is 2.21 bits per heavy atom. The molecule has 1 aliphatic rings. The smallest absolute Gasteiger partial charge is 0.137 e. The van der Waals surface area contributed by atoms with E-state index >= 15 is 0 Å². The van der Waals surface area contributed by atoms with Crippen molar-refractivity contribution in [1.29, 1.82) is 0 Å². The van der Waals surface area contributed by atoms with Crippen molar-refractivity contribution in [2.24, 2.45) is 0 Å². The summed E-state index contributed by atoms with van der Waals surface area (Å²) in [5.41, 5.74) is 1.23. The van der Waals surface area contributed by atoms with E-state index in [0.29, 0.717) is 23.1 Å². The molecule has 0 amide bonds. The molecule has 1 fully saturated rings. The van der Waals surface area contributed by atoms with Crippen molar-refractivity contribution in [2.45, 2.75) is 44.8 Å². The van der Waals surface area contributed by atoms with E-state index in [4.69, 9.17) is 16.3 Å². The van der Waals surface area contributed by atoms with Crippen LogP contribution in [0.1, 0.15) is 38.3 Å². The van der Waals surface area contributed by atoms with Gasteiger partial charge in [0.05, 0.1) is 12.1 Å². The maximum absolute atomic E-state index is 6.11. The van der Waals surface area contributed by atoms with E-state index in [1.54, 1.807) is 7.11 Å². The summed E-state index contributed by atoms with van der Waals surface area (Å²) in [6.45, 7) is 5.45. The van der Waals surface area contributed by atoms with Gasteiger partial charge in [-0.2, -0.15) is 0 Å². The average molecular weight is 283 g/mol. The number of halogens is 1. The molecular formula is C15H23ClN2O. The van der Waals surface area contributed by atoms with Crippen molar-refractivity contribution in [3.8, 4) is 5.75 Å². The Bertz CT molecular complexity index is 417. The van der Waals surface area contributed by atoms with Gasteiger partial charge in [-0.05, 0) is 37.1 Å². The lowest BCUT2D eigenvalue weighted by molar-refractivity contribution is 0.379. The van der Waals surface area contributed by atoms with E-state index in [-0.39, 0.29) is 0 Å². The predicted octanol–water partition coefficient (Wildman–Crippen LogP) is 3.14. The monoisotopic (exact) mass is 282 g/mol. The van der Waals surface area contributed by atoms with Crippen molar-refractivity contribution >= 4 is 11.6 Å². The molecule has 106 valence electrons. The molecule has 0 spiro atoms. The molecule has 3 nitrogen and oxygen atoms in total. The lowest BCUT2D eigenvalue weighted by atomic mass is 9.97. The predicted molar refractivity (Wildman–Crippen MR) is 80.0 cm³/mol. The van der Waals surface area contributed by atoms with Gasteiger partial charge in [-0.3, -0.25) is 0 Å². The quantitative estimate of drug-likeness (QED) is 0.870. The van der Waals surface area contributed by atoms with Crippen LogP contribution in [0.3, 0.4) is 0 Å². The second-order valence-corrected chi connectivity index (χ2v) is 5.80. The van der Waals surface area contributed by atoms with Crippen LogP contribution in [-0.2, 0) is 0 Å². The van der Waals surface area contributed by atoms with Gasteiger partial charge in [0.2, 0.25) is 0 Å². The van der Waals surface area contributed by atoms with Crippen LogP contribution >= 0.6 is 11.6 Å². The Balaban J connectivity index is 2.25. The van der Waals surface area contributed by atoms with E-state index in [1.165, 1.54) is 18.4 Å². The zero-order chi connectivity index (χ0) is 13.8. The number of nitrogens with one attached hydrogen (secondary N) is 2. The standard InChI is InChI=1S/C15H23ClN2O/c1-10(2)18-15(13-5-4-8-17-13)11-6-7-12(16)14(9-11)19-3/h6-7,9-10,13,15,17-18H,4-5,8H2,1-3H3/t13?,15-/m0/s1. The van der Waals surface area contributed by atoms with Crippen molar-refractivity contribution in [2.75, 3.05) is 13.7 Å². The summed E-state index contributed by atoms with van der Waals surface area (Å²) < 4.78 is 5.32. The summed E-state index contributed by atoms with van der Waals surface area (Å²) >= 11 is 6.11. The zero-order valence-corrected chi connectivity index (χ0v) is 12.6. The normalized spacial score (nSPS) is 20.8. The number of methoxy groups -OCH3 is 1. The highest BCUT2D eigenvalue weighted by molar-refractivity contribution is 6.32. The molecule has 1 unspecified atom stereocenters. The van der Waals surface area contributed by atoms with Crippen LogP contribution in [0, 0.1) is 0 Å². The summed E-state index contributed by atoms with van der Waals surface area (Å²) in [5, 5.41) is 7.89. The topological polar surface area (TPSA) is 33.3 Å². The molecule has 0 aliphatic carbocycles. The van der Waals surface area contributed by atoms with E-state index < -0.39 is 0 Å². The Morgan fingerprint density at radius 3 is 2.79 bits per heavy atom. The van der Waals surface area contributed by atoms with Crippen LogP contribution in [0.5, 0.6) is 5.75 Å². The van der Waals surface area contributed by atoms with Gasteiger partial charge in [0.25, 0.3) is 0 Å². The van der Waals surface area contributed by atoms with Gasteiger partial charge in [0.1, 0.15) is 5.75 Å². The molecule has 1 heterocycles. The summed E-state index contributed by atoms with van der Waals surface area (Å²) in [6, 6.07) is 7.27. The Morgan fingerprint density at radius 1 is 1.42 bits per heavy atom. The van der Waals surface area contributed by atoms with Gasteiger partial charge >= 0.3 is 0 Å². The maximum atomic E-state index is 6.11. The third-order valence-corrected chi connectivity index (χ3v) is 3.86. The molecule has 4 heteroatoms. The maximum Gasteiger partial charge on any atom is 0.137 e. The highest BCUT2D eigenvalue weighted by atomic mass is 35.5. The minimum Gasteiger partial charge on any atom is -0.495 e. The van der Waals surface area contributed by atoms with Gasteiger partial charge in [-0.1, -0.05) is 31.5 Å². The van der Waals surface area contributed by atoms with Crippen molar-refractivity contribution in [3.05, 3.63) is 28.8 Å². The van der Waals surface area contributed by atoms with E-state index in [9.17, 15) is 0 Å². The number of ether oxygens (including phenoxy) is 1. The van der Waals surface area contributed by atoms with E-state index in [1.807, 2.05) is 12.1 Å². The Labute approximate surface area is 120 Å². The lowest BCUT2D eigenvalue weighted by Gasteiger charge is -2.28. The van der Waals surface area contributed by atoms with Gasteiger partial charge in [0.15, 0.2) is 0 Å². The summed E-state index contributed by atoms with van der Waals surface area (Å²) in [5.74, 6) is 0.743. The molecule has 2 N–H and O–H groups in total. The van der Waals surface area contributed by atoms with E-state index in [0.717, 1.165) is 12.3 Å². The molecule has 0 saturated carbocycles. The lowest BCUT2D eigenvalue weighted by Crippen LogP contribution is -2.40. The third-order valence-electron chi connectivity index (χ3n) is 3.55. The van der Waals surface area contributed by atoms with Crippen LogP contribution in [0.15, 0.2) is 18.2 Å². The van der Waals surface area contributed by atoms with Crippen molar-refractivity contribution in [3.63, 3.8) is 0 Å². The number of rotatable bonds is 5. The van der Waals surface area contributed by atoms with Gasteiger partial charge in [-0.15, -0.1) is 0 Å². The number of hydrogen-bond acceptors (Lipinski definition) is 3. The van der Waals surface area contributed by atoms with Crippen LogP contribution in [-0.4, -0.2) is 25.7 Å². The molecule has 0 aromatic heterocycles. The molecule has 0 radical (unpaired) electrons. The van der Waals surface area contributed by atoms with Gasteiger partial charge in [0, 0.05) is 18.1 Å². The molecule has 1 aliphatic heterocycles. The van der Waals surface area contributed by atoms with Crippen LogP contribution in [0.25, 0.3) is 0 Å². The summed E-state index contributed by atoms with van der Waals surface area (Å²) in [4.78, 5) is 0. The first-order valence-corrected chi connectivity index (χ1v) is 7.32. The Kier molecular flexibility index (Phi) is 5.08. The molecule has 2 rings (SSSR count). The number of hydrogen-bond donors (Lipinski definition) is 2. The first kappa shape index (κ1) is 14.6. The number of benzene rings is 1. The second kappa shape index (κ2) is 6.60.